The van der Waals surface area contributed by atoms with Crippen molar-refractivity contribution in [1.29, 1.82) is 0 Å². The van der Waals surface area contributed by atoms with Crippen LogP contribution in [0.3, 0.4) is 0 Å². The Morgan fingerprint density at radius 2 is 0.576 bits per heavy atom. The molecule has 0 fully saturated rings. The highest BCUT2D eigenvalue weighted by molar-refractivity contribution is 5.97. The van der Waals surface area contributed by atoms with E-state index in [0.717, 1.165) is 114 Å². The number of anilines is 7. The van der Waals surface area contributed by atoms with Crippen molar-refractivity contribution in [3.05, 3.63) is 217 Å². The molecule has 0 saturated carbocycles. The fourth-order valence-electron chi connectivity index (χ4n) is 7.40. The maximum Gasteiger partial charge on any atom is 0.0546 e. The molecule has 0 spiro atoms. The van der Waals surface area contributed by atoms with Crippen LogP contribution in [0.4, 0.5) is 39.8 Å². The van der Waals surface area contributed by atoms with Crippen molar-refractivity contribution in [3.63, 3.8) is 0 Å². The second kappa shape index (κ2) is 22.1. The number of hydrogen-bond donors (Lipinski definition) is 0. The molecule has 5 aromatic rings. The highest BCUT2D eigenvalue weighted by Crippen LogP contribution is 2.46. The van der Waals surface area contributed by atoms with Crippen LogP contribution < -0.4 is 24.5 Å². The van der Waals surface area contributed by atoms with Gasteiger partial charge in [-0.25, -0.2) is 0 Å². The van der Waals surface area contributed by atoms with Gasteiger partial charge in [-0.1, -0.05) is 85.0 Å². The molecule has 0 unspecified atom stereocenters. The second-order valence-corrected chi connectivity index (χ2v) is 14.1. The summed E-state index contributed by atoms with van der Waals surface area (Å²) in [6, 6.07) is 41.8. The third-order valence-electron chi connectivity index (χ3n) is 10.1. The lowest BCUT2D eigenvalue weighted by Gasteiger charge is -2.31. The Labute approximate surface area is 354 Å². The molecule has 300 valence electrons. The number of nitrogens with zero attached hydrogens (tertiary/aromatic N) is 5. The molecule has 0 aliphatic rings. The SMILES string of the molecule is C=CCN(CC=C)c1ccc(-c2cccc(N(c3ccc(N(CC=C)CC=C)cc3)c3ccc(N(CC=C)CC=C)cc3)c2-c2ccc(N(CC=C)CC=C)cc2)cc1. The Bertz CT molecular complexity index is 2070. The molecule has 5 rings (SSSR count). The zero-order valence-electron chi connectivity index (χ0n) is 34.6. The summed E-state index contributed by atoms with van der Waals surface area (Å²) < 4.78 is 0. The molecule has 0 aromatic heterocycles. The van der Waals surface area contributed by atoms with Gasteiger partial charge in [0.05, 0.1) is 5.69 Å². The van der Waals surface area contributed by atoms with Gasteiger partial charge in [0.25, 0.3) is 0 Å². The van der Waals surface area contributed by atoms with Crippen molar-refractivity contribution < 1.29 is 0 Å². The molecule has 0 atom stereocenters. The van der Waals surface area contributed by atoms with E-state index in [1.807, 2.05) is 48.6 Å². The normalized spacial score (nSPS) is 10.4. The van der Waals surface area contributed by atoms with Gasteiger partial charge < -0.3 is 24.5 Å². The first-order chi connectivity index (χ1) is 28.9. The Balaban J connectivity index is 1.75. The molecule has 0 radical (unpaired) electrons. The third kappa shape index (κ3) is 10.7. The maximum absolute atomic E-state index is 3.99. The van der Waals surface area contributed by atoms with Crippen LogP contribution >= 0.6 is 0 Å². The van der Waals surface area contributed by atoms with Crippen LogP contribution in [0.15, 0.2) is 217 Å². The van der Waals surface area contributed by atoms with Crippen molar-refractivity contribution in [2.24, 2.45) is 0 Å². The van der Waals surface area contributed by atoms with Crippen LogP contribution in [0.1, 0.15) is 0 Å². The minimum Gasteiger partial charge on any atom is -0.364 e. The number of benzene rings is 5. The Kier molecular flexibility index (Phi) is 16.2. The topological polar surface area (TPSA) is 16.2 Å². The quantitative estimate of drug-likeness (QED) is 0.0547. The van der Waals surface area contributed by atoms with E-state index in [4.69, 9.17) is 0 Å². The van der Waals surface area contributed by atoms with Gasteiger partial charge in [0, 0.05) is 92.0 Å². The summed E-state index contributed by atoms with van der Waals surface area (Å²) in [6.45, 7) is 37.7. The molecule has 5 heteroatoms. The molecule has 0 bridgehead atoms. The summed E-state index contributed by atoms with van der Waals surface area (Å²) in [6.07, 6.45) is 15.4. The summed E-state index contributed by atoms with van der Waals surface area (Å²) in [5.74, 6) is 0. The Morgan fingerprint density at radius 3 is 0.881 bits per heavy atom. The van der Waals surface area contributed by atoms with Crippen LogP contribution in [0.2, 0.25) is 0 Å². The van der Waals surface area contributed by atoms with E-state index < -0.39 is 0 Å². The molecular formula is C54H59N5. The van der Waals surface area contributed by atoms with Crippen molar-refractivity contribution in [2.45, 2.75) is 0 Å². The zero-order valence-corrected chi connectivity index (χ0v) is 34.6. The van der Waals surface area contributed by atoms with E-state index in [0.29, 0.717) is 0 Å². The van der Waals surface area contributed by atoms with Crippen LogP contribution in [0.25, 0.3) is 22.3 Å². The highest BCUT2D eigenvalue weighted by Gasteiger charge is 2.22. The van der Waals surface area contributed by atoms with Gasteiger partial charge in [-0.05, 0) is 95.6 Å². The molecule has 5 aromatic carbocycles. The third-order valence-corrected chi connectivity index (χ3v) is 10.1. The van der Waals surface area contributed by atoms with E-state index in [1.165, 1.54) is 0 Å². The average molecular weight is 778 g/mol. The largest absolute Gasteiger partial charge is 0.364 e. The summed E-state index contributed by atoms with van der Waals surface area (Å²) in [5, 5.41) is 0. The minimum atomic E-state index is 0.722. The standard InChI is InChI=1S/C54H59N5/c1-9-36-55(37-10-2)46-24-20-44(21-25-46)52-18-17-19-53(54(52)45-22-26-47(27-23-45)56(38-11-3)39-12-4)59(50-32-28-48(29-33-50)57(40-13-5)41-14-6)51-34-30-49(31-35-51)58(42-15-7)43-16-8/h9-35H,1-8,36-43H2. The van der Waals surface area contributed by atoms with Gasteiger partial charge in [0.15, 0.2) is 0 Å². The van der Waals surface area contributed by atoms with E-state index in [9.17, 15) is 0 Å². The molecular weight excluding hydrogens is 719 g/mol. The molecule has 0 amide bonds. The Morgan fingerprint density at radius 1 is 0.305 bits per heavy atom. The lowest BCUT2D eigenvalue weighted by Crippen LogP contribution is -2.23. The second-order valence-electron chi connectivity index (χ2n) is 14.1. The van der Waals surface area contributed by atoms with E-state index in [2.05, 4.69) is 192 Å². The van der Waals surface area contributed by atoms with Crippen molar-refractivity contribution in [3.8, 4) is 22.3 Å². The summed E-state index contributed by atoms with van der Waals surface area (Å²) in [5.41, 5.74) is 12.0. The molecule has 0 aliphatic heterocycles. The predicted molar refractivity (Wildman–Crippen MR) is 262 cm³/mol. The summed E-state index contributed by atoms with van der Waals surface area (Å²) >= 11 is 0. The molecule has 0 heterocycles. The first-order valence-corrected chi connectivity index (χ1v) is 20.2. The number of rotatable bonds is 25. The lowest BCUT2D eigenvalue weighted by molar-refractivity contribution is 0.956. The van der Waals surface area contributed by atoms with Gasteiger partial charge >= 0.3 is 0 Å². The van der Waals surface area contributed by atoms with Crippen LogP contribution in [0.5, 0.6) is 0 Å². The smallest absolute Gasteiger partial charge is 0.0546 e. The van der Waals surface area contributed by atoms with Crippen molar-refractivity contribution in [2.75, 3.05) is 76.9 Å². The van der Waals surface area contributed by atoms with E-state index >= 15 is 0 Å². The summed E-state index contributed by atoms with van der Waals surface area (Å²) in [4.78, 5) is 11.4. The van der Waals surface area contributed by atoms with Crippen LogP contribution in [0, 0.1) is 0 Å². The molecule has 59 heavy (non-hydrogen) atoms. The van der Waals surface area contributed by atoms with Crippen LogP contribution in [-0.2, 0) is 0 Å². The fraction of sp³-hybridized carbons (Fsp3) is 0.148. The lowest BCUT2D eigenvalue weighted by atomic mass is 9.91. The van der Waals surface area contributed by atoms with E-state index in [-0.39, 0.29) is 0 Å². The predicted octanol–water partition coefficient (Wildman–Crippen LogP) is 13.2. The van der Waals surface area contributed by atoms with Gasteiger partial charge in [-0.3, -0.25) is 0 Å². The van der Waals surface area contributed by atoms with Gasteiger partial charge in [-0.2, -0.15) is 0 Å². The Hall–Kier alpha value is -6.98. The van der Waals surface area contributed by atoms with Gasteiger partial charge in [-0.15, -0.1) is 52.6 Å². The zero-order chi connectivity index (χ0) is 42.0. The average Bonchev–Trinajstić information content (AvgIpc) is 3.27. The molecule has 0 N–H and O–H groups in total. The van der Waals surface area contributed by atoms with Gasteiger partial charge in [0.2, 0.25) is 0 Å². The number of hydrogen-bond acceptors (Lipinski definition) is 5. The molecule has 5 nitrogen and oxygen atoms in total. The molecule has 0 aliphatic carbocycles. The van der Waals surface area contributed by atoms with Crippen molar-refractivity contribution in [1.82, 2.24) is 0 Å². The first kappa shape index (κ1) is 43.1. The van der Waals surface area contributed by atoms with Gasteiger partial charge in [0.1, 0.15) is 0 Å². The minimum absolute atomic E-state index is 0.722. The maximum atomic E-state index is 3.99. The fourth-order valence-corrected chi connectivity index (χ4v) is 7.40. The van der Waals surface area contributed by atoms with Crippen LogP contribution in [-0.4, -0.2) is 52.4 Å². The van der Waals surface area contributed by atoms with E-state index in [1.54, 1.807) is 0 Å². The van der Waals surface area contributed by atoms with Crippen molar-refractivity contribution >= 4 is 39.8 Å². The first-order valence-electron chi connectivity index (χ1n) is 20.2. The summed E-state index contributed by atoms with van der Waals surface area (Å²) in [7, 11) is 0. The molecule has 0 saturated heterocycles. The monoisotopic (exact) mass is 777 g/mol. The highest BCUT2D eigenvalue weighted by atomic mass is 15.2.